The van der Waals surface area contributed by atoms with Gasteiger partial charge in [0, 0.05) is 23.5 Å². The molecule has 3 rings (SSSR count). The zero-order valence-electron chi connectivity index (χ0n) is 22.9. The second kappa shape index (κ2) is 14.7. The van der Waals surface area contributed by atoms with Gasteiger partial charge in [0.1, 0.15) is 5.75 Å². The number of alkyl halides is 2. The van der Waals surface area contributed by atoms with Crippen LogP contribution in [0.2, 0.25) is 0 Å². The molecule has 0 aliphatic heterocycles. The van der Waals surface area contributed by atoms with Crippen LogP contribution in [0.4, 0.5) is 8.78 Å². The molecular formula is C32H40F2N2O2. The summed E-state index contributed by atoms with van der Waals surface area (Å²) in [5, 5.41) is 0. The second-order valence-electron chi connectivity index (χ2n) is 10.3. The van der Waals surface area contributed by atoms with Gasteiger partial charge >= 0.3 is 5.97 Å². The van der Waals surface area contributed by atoms with Crippen LogP contribution in [0, 0.1) is 0 Å². The van der Waals surface area contributed by atoms with Gasteiger partial charge in [-0.2, -0.15) is 0 Å². The van der Waals surface area contributed by atoms with Crippen molar-refractivity contribution >= 4 is 5.97 Å². The van der Waals surface area contributed by atoms with Gasteiger partial charge in [0.05, 0.1) is 6.17 Å². The Labute approximate surface area is 225 Å². The molecule has 1 aromatic heterocycles. The van der Waals surface area contributed by atoms with Crippen LogP contribution in [0.3, 0.4) is 0 Å². The first-order valence-corrected chi connectivity index (χ1v) is 13.9. The molecule has 0 aliphatic rings. The van der Waals surface area contributed by atoms with Crippen LogP contribution in [-0.4, -0.2) is 27.8 Å². The Bertz CT molecular complexity index is 1110. The van der Waals surface area contributed by atoms with Gasteiger partial charge < -0.3 is 4.74 Å². The third kappa shape index (κ3) is 9.30. The Morgan fingerprint density at radius 1 is 0.868 bits per heavy atom. The molecule has 0 amide bonds. The van der Waals surface area contributed by atoms with Gasteiger partial charge in [-0.15, -0.1) is 0 Å². The van der Waals surface area contributed by atoms with Crippen LogP contribution in [0.1, 0.15) is 84.1 Å². The molecule has 1 heterocycles. The van der Waals surface area contributed by atoms with E-state index in [0.717, 1.165) is 41.5 Å². The van der Waals surface area contributed by atoms with E-state index in [2.05, 4.69) is 16.9 Å². The molecule has 204 valence electrons. The summed E-state index contributed by atoms with van der Waals surface area (Å²) in [6, 6.07) is 14.8. The fourth-order valence-corrected chi connectivity index (χ4v) is 4.26. The number of benzene rings is 2. The standard InChI is InChI=1S/C32H40F2N2O2/c1-4-5-6-7-8-9-10-21-32(3,34)31(37)38-29-19-17-26(18-20-29)28-22-35-30(36-23-28)27-15-13-25(14-16-27)12-11-24(2)33/h13-20,22-24H,4-12,21H2,1-3H3/t24-,32-/m0/s1. The van der Waals surface area contributed by atoms with Gasteiger partial charge in [0.25, 0.3) is 0 Å². The van der Waals surface area contributed by atoms with Gasteiger partial charge in [0.15, 0.2) is 5.82 Å². The lowest BCUT2D eigenvalue weighted by Crippen LogP contribution is -2.34. The van der Waals surface area contributed by atoms with E-state index in [4.69, 9.17) is 4.74 Å². The van der Waals surface area contributed by atoms with E-state index in [0.29, 0.717) is 30.8 Å². The molecule has 4 nitrogen and oxygen atoms in total. The number of ether oxygens (including phenoxy) is 1. The van der Waals surface area contributed by atoms with E-state index in [1.54, 1.807) is 43.6 Å². The summed E-state index contributed by atoms with van der Waals surface area (Å²) in [6.07, 6.45) is 11.5. The summed E-state index contributed by atoms with van der Waals surface area (Å²) in [4.78, 5) is 21.4. The Morgan fingerprint density at radius 2 is 1.45 bits per heavy atom. The fraction of sp³-hybridized carbons (Fsp3) is 0.469. The molecule has 0 radical (unpaired) electrons. The van der Waals surface area contributed by atoms with Gasteiger partial charge in [-0.3, -0.25) is 0 Å². The summed E-state index contributed by atoms with van der Waals surface area (Å²) in [5.41, 5.74) is 1.64. The maximum Gasteiger partial charge on any atom is 0.348 e. The zero-order valence-corrected chi connectivity index (χ0v) is 22.9. The highest BCUT2D eigenvalue weighted by Gasteiger charge is 2.34. The topological polar surface area (TPSA) is 52.1 Å². The monoisotopic (exact) mass is 522 g/mol. The highest BCUT2D eigenvalue weighted by molar-refractivity contribution is 5.81. The molecule has 3 aromatic rings. The molecule has 0 saturated heterocycles. The van der Waals surface area contributed by atoms with E-state index in [1.807, 2.05) is 24.3 Å². The van der Waals surface area contributed by atoms with Crippen LogP contribution in [-0.2, 0) is 11.2 Å². The van der Waals surface area contributed by atoms with Crippen LogP contribution in [0.15, 0.2) is 60.9 Å². The highest BCUT2D eigenvalue weighted by atomic mass is 19.1. The Morgan fingerprint density at radius 3 is 2.05 bits per heavy atom. The van der Waals surface area contributed by atoms with Crippen molar-refractivity contribution in [2.75, 3.05) is 0 Å². The molecule has 38 heavy (non-hydrogen) atoms. The second-order valence-corrected chi connectivity index (χ2v) is 10.3. The molecule has 0 bridgehead atoms. The number of halogens is 2. The first kappa shape index (κ1) is 29.4. The average Bonchev–Trinajstić information content (AvgIpc) is 2.92. The quantitative estimate of drug-likeness (QED) is 0.114. The molecule has 0 aliphatic carbocycles. The van der Waals surface area contributed by atoms with Crippen molar-refractivity contribution in [3.63, 3.8) is 0 Å². The molecule has 2 atom stereocenters. The Hall–Kier alpha value is -3.15. The van der Waals surface area contributed by atoms with Crippen LogP contribution in [0.25, 0.3) is 22.5 Å². The third-order valence-electron chi connectivity index (χ3n) is 6.77. The SMILES string of the molecule is CCCCCCCCC[C@](C)(F)C(=O)Oc1ccc(-c2cnc(-c3ccc(CC[C@H](C)F)cc3)nc2)cc1. The van der Waals surface area contributed by atoms with Crippen molar-refractivity contribution in [1.29, 1.82) is 0 Å². The maximum atomic E-state index is 14.9. The largest absolute Gasteiger partial charge is 0.424 e. The molecule has 0 spiro atoms. The van der Waals surface area contributed by atoms with E-state index in [-0.39, 0.29) is 6.42 Å². The van der Waals surface area contributed by atoms with Crippen molar-refractivity contribution in [2.24, 2.45) is 0 Å². The Balaban J connectivity index is 1.51. The average molecular weight is 523 g/mol. The van der Waals surface area contributed by atoms with Gasteiger partial charge in [-0.05, 0) is 62.8 Å². The molecule has 0 fully saturated rings. The lowest BCUT2D eigenvalue weighted by atomic mass is 9.99. The highest BCUT2D eigenvalue weighted by Crippen LogP contribution is 2.26. The maximum absolute atomic E-state index is 14.9. The first-order valence-electron chi connectivity index (χ1n) is 13.9. The number of aryl methyl sites for hydroxylation is 1. The number of carbonyl (C=O) groups is 1. The van der Waals surface area contributed by atoms with E-state index in [1.165, 1.54) is 26.2 Å². The van der Waals surface area contributed by atoms with Crippen LogP contribution in [0.5, 0.6) is 5.75 Å². The minimum atomic E-state index is -2.00. The number of hydrogen-bond acceptors (Lipinski definition) is 4. The summed E-state index contributed by atoms with van der Waals surface area (Å²) >= 11 is 0. The van der Waals surface area contributed by atoms with Crippen molar-refractivity contribution < 1.29 is 18.3 Å². The van der Waals surface area contributed by atoms with E-state index >= 15 is 0 Å². The van der Waals surface area contributed by atoms with Crippen LogP contribution < -0.4 is 4.74 Å². The zero-order chi connectivity index (χ0) is 27.4. The van der Waals surface area contributed by atoms with Gasteiger partial charge in [0.2, 0.25) is 5.67 Å². The predicted molar refractivity (Wildman–Crippen MR) is 150 cm³/mol. The summed E-state index contributed by atoms with van der Waals surface area (Å²) in [5.74, 6) is 0.0593. The van der Waals surface area contributed by atoms with Crippen molar-refractivity contribution in [3.05, 3.63) is 66.5 Å². The summed E-state index contributed by atoms with van der Waals surface area (Å²) in [6.45, 7) is 5.06. The van der Waals surface area contributed by atoms with Gasteiger partial charge in [-0.25, -0.2) is 23.5 Å². The normalized spacial score (nSPS) is 13.6. The lowest BCUT2D eigenvalue weighted by Gasteiger charge is -2.18. The fourth-order valence-electron chi connectivity index (χ4n) is 4.26. The van der Waals surface area contributed by atoms with Crippen molar-refractivity contribution in [2.45, 2.75) is 96.8 Å². The molecule has 0 saturated carbocycles. The van der Waals surface area contributed by atoms with E-state index < -0.39 is 17.8 Å². The number of hydrogen-bond donors (Lipinski definition) is 0. The third-order valence-corrected chi connectivity index (χ3v) is 6.77. The number of esters is 1. The number of rotatable bonds is 15. The number of carbonyl (C=O) groups excluding carboxylic acids is 1. The molecule has 0 unspecified atom stereocenters. The van der Waals surface area contributed by atoms with E-state index in [9.17, 15) is 13.6 Å². The Kier molecular flexibility index (Phi) is 11.4. The molecule has 2 aromatic carbocycles. The first-order chi connectivity index (χ1) is 18.3. The van der Waals surface area contributed by atoms with Crippen LogP contribution >= 0.6 is 0 Å². The molecular weight excluding hydrogens is 482 g/mol. The molecule has 6 heteroatoms. The molecule has 0 N–H and O–H groups in total. The summed E-state index contributed by atoms with van der Waals surface area (Å²) in [7, 11) is 0. The number of aromatic nitrogens is 2. The van der Waals surface area contributed by atoms with Gasteiger partial charge in [-0.1, -0.05) is 81.8 Å². The minimum Gasteiger partial charge on any atom is -0.424 e. The van der Waals surface area contributed by atoms with Crippen molar-refractivity contribution in [3.8, 4) is 28.3 Å². The number of unbranched alkanes of at least 4 members (excludes halogenated alkanes) is 6. The minimum absolute atomic E-state index is 0.168. The van der Waals surface area contributed by atoms with Crippen molar-refractivity contribution in [1.82, 2.24) is 9.97 Å². The lowest BCUT2D eigenvalue weighted by molar-refractivity contribution is -0.147. The summed E-state index contributed by atoms with van der Waals surface area (Å²) < 4.78 is 33.3. The number of nitrogens with zero attached hydrogens (tertiary/aromatic N) is 2. The predicted octanol–water partition coefficient (Wildman–Crippen LogP) is 8.88. The smallest absolute Gasteiger partial charge is 0.348 e.